The SMILES string of the molecule is Cc1nc(CC(NC(=O)c2cccc3cccnc23)c2ccccc2)cc(=O)[nH]1. The lowest BCUT2D eigenvalue weighted by Gasteiger charge is -2.19. The summed E-state index contributed by atoms with van der Waals surface area (Å²) in [5.41, 5.74) is 2.53. The van der Waals surface area contributed by atoms with Gasteiger partial charge in [-0.2, -0.15) is 0 Å². The lowest BCUT2D eigenvalue weighted by Crippen LogP contribution is -2.31. The van der Waals surface area contributed by atoms with Crippen LogP contribution in [0.1, 0.15) is 33.5 Å². The van der Waals surface area contributed by atoms with E-state index in [0.717, 1.165) is 10.9 Å². The first-order valence-electron chi connectivity index (χ1n) is 9.36. The van der Waals surface area contributed by atoms with Gasteiger partial charge in [-0.05, 0) is 24.6 Å². The molecule has 0 bridgehead atoms. The molecule has 0 aliphatic carbocycles. The molecule has 29 heavy (non-hydrogen) atoms. The van der Waals surface area contributed by atoms with Crippen molar-refractivity contribution in [2.75, 3.05) is 0 Å². The molecule has 4 aromatic rings. The molecule has 4 rings (SSSR count). The molecule has 2 aromatic carbocycles. The Morgan fingerprint density at radius 3 is 2.66 bits per heavy atom. The third-order valence-corrected chi connectivity index (χ3v) is 4.71. The zero-order valence-electron chi connectivity index (χ0n) is 15.9. The molecule has 2 heterocycles. The summed E-state index contributed by atoms with van der Waals surface area (Å²) in [4.78, 5) is 36.4. The Balaban J connectivity index is 1.68. The molecule has 6 heteroatoms. The number of benzene rings is 2. The number of aromatic amines is 1. The topological polar surface area (TPSA) is 87.7 Å². The monoisotopic (exact) mass is 384 g/mol. The molecule has 0 spiro atoms. The van der Waals surface area contributed by atoms with Gasteiger partial charge in [0.2, 0.25) is 0 Å². The van der Waals surface area contributed by atoms with Crippen molar-refractivity contribution < 1.29 is 4.79 Å². The number of hydrogen-bond donors (Lipinski definition) is 2. The highest BCUT2D eigenvalue weighted by Crippen LogP contribution is 2.20. The summed E-state index contributed by atoms with van der Waals surface area (Å²) in [7, 11) is 0. The van der Waals surface area contributed by atoms with Gasteiger partial charge in [0.05, 0.1) is 22.8 Å². The molecule has 6 nitrogen and oxygen atoms in total. The number of pyridine rings is 1. The Hall–Kier alpha value is -3.80. The van der Waals surface area contributed by atoms with E-state index in [0.29, 0.717) is 29.0 Å². The van der Waals surface area contributed by atoms with Crippen molar-refractivity contribution in [2.45, 2.75) is 19.4 Å². The molecule has 1 unspecified atom stereocenters. The largest absolute Gasteiger partial charge is 0.345 e. The average molecular weight is 384 g/mol. The van der Waals surface area contributed by atoms with Gasteiger partial charge >= 0.3 is 0 Å². The number of aromatic nitrogens is 3. The van der Waals surface area contributed by atoms with Crippen LogP contribution < -0.4 is 10.9 Å². The average Bonchev–Trinajstić information content (AvgIpc) is 2.72. The van der Waals surface area contributed by atoms with Crippen molar-refractivity contribution in [2.24, 2.45) is 0 Å². The van der Waals surface area contributed by atoms with E-state index in [1.54, 1.807) is 19.2 Å². The van der Waals surface area contributed by atoms with Gasteiger partial charge in [0.15, 0.2) is 0 Å². The van der Waals surface area contributed by atoms with Gasteiger partial charge in [-0.15, -0.1) is 0 Å². The number of aryl methyl sites for hydroxylation is 1. The Kier molecular flexibility index (Phi) is 5.16. The van der Waals surface area contributed by atoms with Crippen LogP contribution >= 0.6 is 0 Å². The Morgan fingerprint density at radius 2 is 1.86 bits per heavy atom. The highest BCUT2D eigenvalue weighted by Gasteiger charge is 2.19. The zero-order valence-corrected chi connectivity index (χ0v) is 15.9. The van der Waals surface area contributed by atoms with Crippen molar-refractivity contribution in [1.82, 2.24) is 20.3 Å². The third kappa shape index (κ3) is 4.21. The second-order valence-corrected chi connectivity index (χ2v) is 6.84. The van der Waals surface area contributed by atoms with Crippen LogP contribution in [0.2, 0.25) is 0 Å². The second kappa shape index (κ2) is 8.06. The Bertz CT molecular complexity index is 1210. The zero-order chi connectivity index (χ0) is 20.2. The summed E-state index contributed by atoms with van der Waals surface area (Å²) in [5.74, 6) is 0.327. The number of H-pyrrole nitrogens is 1. The first kappa shape index (κ1) is 18.6. The van der Waals surface area contributed by atoms with Gasteiger partial charge in [-0.25, -0.2) is 4.98 Å². The summed E-state index contributed by atoms with van der Waals surface area (Å²) in [6.07, 6.45) is 2.08. The van der Waals surface area contributed by atoms with Gasteiger partial charge in [0.1, 0.15) is 5.82 Å². The molecule has 0 radical (unpaired) electrons. The van der Waals surface area contributed by atoms with Gasteiger partial charge in [-0.3, -0.25) is 14.6 Å². The molecule has 2 aromatic heterocycles. The lowest BCUT2D eigenvalue weighted by atomic mass is 10.0. The Labute approximate surface area is 167 Å². The van der Waals surface area contributed by atoms with Gasteiger partial charge < -0.3 is 10.3 Å². The van der Waals surface area contributed by atoms with Crippen molar-refractivity contribution in [3.8, 4) is 0 Å². The number of nitrogens with one attached hydrogen (secondary N) is 2. The first-order valence-corrected chi connectivity index (χ1v) is 9.36. The number of carbonyl (C=O) groups is 1. The molecule has 2 N–H and O–H groups in total. The third-order valence-electron chi connectivity index (χ3n) is 4.71. The van der Waals surface area contributed by atoms with E-state index < -0.39 is 0 Å². The van der Waals surface area contributed by atoms with Crippen molar-refractivity contribution >= 4 is 16.8 Å². The van der Waals surface area contributed by atoms with Crippen LogP contribution in [0.15, 0.2) is 77.7 Å². The molecule has 0 saturated heterocycles. The summed E-state index contributed by atoms with van der Waals surface area (Å²) >= 11 is 0. The highest BCUT2D eigenvalue weighted by molar-refractivity contribution is 6.05. The second-order valence-electron chi connectivity index (χ2n) is 6.84. The van der Waals surface area contributed by atoms with Crippen molar-refractivity contribution in [3.05, 3.63) is 106 Å². The fourth-order valence-electron chi connectivity index (χ4n) is 3.42. The molecule has 0 saturated carbocycles. The summed E-state index contributed by atoms with van der Waals surface area (Å²) in [5, 5.41) is 4.00. The lowest BCUT2D eigenvalue weighted by molar-refractivity contribution is 0.0938. The predicted octanol–water partition coefficient (Wildman–Crippen LogP) is 3.34. The molecule has 0 aliphatic rings. The molecule has 144 valence electrons. The van der Waals surface area contributed by atoms with Crippen LogP contribution in [0.3, 0.4) is 0 Å². The maximum atomic E-state index is 13.1. The predicted molar refractivity (Wildman–Crippen MR) is 112 cm³/mol. The quantitative estimate of drug-likeness (QED) is 0.552. The Morgan fingerprint density at radius 1 is 1.07 bits per heavy atom. The molecule has 1 atom stereocenters. The van der Waals surface area contributed by atoms with E-state index in [1.807, 2.05) is 54.6 Å². The first-order chi connectivity index (χ1) is 14.1. The number of carbonyl (C=O) groups excluding carboxylic acids is 1. The van der Waals surface area contributed by atoms with Crippen LogP contribution in [-0.4, -0.2) is 20.9 Å². The minimum Gasteiger partial charge on any atom is -0.345 e. The number of fused-ring (bicyclic) bond motifs is 1. The minimum atomic E-state index is -0.337. The highest BCUT2D eigenvalue weighted by atomic mass is 16.1. The fraction of sp³-hybridized carbons (Fsp3) is 0.130. The standard InChI is InChI=1S/C23H20N4O2/c1-15-25-18(14-21(28)26-15)13-20(16-7-3-2-4-8-16)27-23(29)19-11-5-9-17-10-6-12-24-22(17)19/h2-12,14,20H,13H2,1H3,(H,27,29)(H,25,26,28). The smallest absolute Gasteiger partial charge is 0.253 e. The molecular weight excluding hydrogens is 364 g/mol. The van der Waals surface area contributed by atoms with Crippen LogP contribution in [-0.2, 0) is 6.42 Å². The van der Waals surface area contributed by atoms with Crippen LogP contribution in [0.5, 0.6) is 0 Å². The fourth-order valence-corrected chi connectivity index (χ4v) is 3.42. The molecule has 0 fully saturated rings. The van der Waals surface area contributed by atoms with E-state index in [-0.39, 0.29) is 17.5 Å². The molecule has 1 amide bonds. The maximum Gasteiger partial charge on any atom is 0.253 e. The van der Waals surface area contributed by atoms with Crippen molar-refractivity contribution in [1.29, 1.82) is 0 Å². The van der Waals surface area contributed by atoms with Gasteiger partial charge in [0, 0.05) is 24.1 Å². The van der Waals surface area contributed by atoms with Gasteiger partial charge in [-0.1, -0.05) is 48.5 Å². The number of nitrogens with zero attached hydrogens (tertiary/aromatic N) is 2. The summed E-state index contributed by atoms with van der Waals surface area (Å²) in [6, 6.07) is 20.1. The number of hydrogen-bond acceptors (Lipinski definition) is 4. The maximum absolute atomic E-state index is 13.1. The van der Waals surface area contributed by atoms with E-state index >= 15 is 0 Å². The minimum absolute atomic E-state index is 0.205. The normalized spacial score (nSPS) is 11.9. The van der Waals surface area contributed by atoms with E-state index in [2.05, 4.69) is 20.3 Å². The molecular formula is C23H20N4O2. The molecule has 0 aliphatic heterocycles. The van der Waals surface area contributed by atoms with Crippen LogP contribution in [0.4, 0.5) is 0 Å². The van der Waals surface area contributed by atoms with E-state index in [9.17, 15) is 9.59 Å². The van der Waals surface area contributed by atoms with Crippen molar-refractivity contribution in [3.63, 3.8) is 0 Å². The van der Waals surface area contributed by atoms with Crippen LogP contribution in [0.25, 0.3) is 10.9 Å². The number of para-hydroxylation sites is 1. The van der Waals surface area contributed by atoms with E-state index in [1.165, 1.54) is 6.07 Å². The number of amides is 1. The van der Waals surface area contributed by atoms with Gasteiger partial charge in [0.25, 0.3) is 11.5 Å². The summed E-state index contributed by atoms with van der Waals surface area (Å²) < 4.78 is 0. The number of rotatable bonds is 5. The van der Waals surface area contributed by atoms with E-state index in [4.69, 9.17) is 0 Å². The van der Waals surface area contributed by atoms with Crippen LogP contribution in [0, 0.1) is 6.92 Å². The summed E-state index contributed by atoms with van der Waals surface area (Å²) in [6.45, 7) is 1.74.